The van der Waals surface area contributed by atoms with Crippen LogP contribution in [0.3, 0.4) is 0 Å². The summed E-state index contributed by atoms with van der Waals surface area (Å²) < 4.78 is 0. The molecule has 0 saturated carbocycles. The van der Waals surface area contributed by atoms with E-state index in [1.165, 1.54) is 0 Å². The van der Waals surface area contributed by atoms with Gasteiger partial charge in [0, 0.05) is 92.8 Å². The molecule has 4 aromatic heterocycles. The van der Waals surface area contributed by atoms with Gasteiger partial charge in [-0.25, -0.2) is 19.9 Å². The smallest absolute Gasteiger partial charge is 0.139 e. The van der Waals surface area contributed by atoms with Crippen molar-refractivity contribution in [2.45, 2.75) is 0 Å². The van der Waals surface area contributed by atoms with Gasteiger partial charge in [-0.3, -0.25) is 0 Å². The van der Waals surface area contributed by atoms with Crippen LogP contribution in [0.5, 0.6) is 0 Å². The van der Waals surface area contributed by atoms with Gasteiger partial charge in [0.1, 0.15) is 23.6 Å². The highest BCUT2D eigenvalue weighted by atomic mass is 15.3. The number of piperazine rings is 2. The molecular weight excluding hydrogens is 500 g/mol. The van der Waals surface area contributed by atoms with Crippen molar-refractivity contribution < 1.29 is 0 Å². The van der Waals surface area contributed by atoms with Crippen LogP contribution < -0.4 is 15.1 Å². The lowest BCUT2D eigenvalue weighted by Crippen LogP contribution is -2.44. The number of aromatic amines is 1. The van der Waals surface area contributed by atoms with E-state index >= 15 is 0 Å². The fourth-order valence-electron chi connectivity index (χ4n) is 5.66. The molecule has 0 radical (unpaired) electrons. The van der Waals surface area contributed by atoms with Crippen LogP contribution in [0.2, 0.25) is 0 Å². The second kappa shape index (κ2) is 10.4. The van der Waals surface area contributed by atoms with Crippen molar-refractivity contribution in [2.24, 2.45) is 0 Å². The zero-order chi connectivity index (χ0) is 27.1. The summed E-state index contributed by atoms with van der Waals surface area (Å²) in [4.78, 5) is 31.4. The molecule has 6 heterocycles. The minimum Gasteiger partial charge on any atom is -0.354 e. The highest BCUT2D eigenvalue weighted by Crippen LogP contribution is 2.34. The lowest BCUT2D eigenvalue weighted by Gasteiger charge is -2.33. The summed E-state index contributed by atoms with van der Waals surface area (Å²) in [5, 5.41) is 5.70. The maximum absolute atomic E-state index is 4.72. The largest absolute Gasteiger partial charge is 0.354 e. The van der Waals surface area contributed by atoms with Crippen molar-refractivity contribution in [2.75, 3.05) is 81.6 Å². The fourth-order valence-corrected chi connectivity index (χ4v) is 5.66. The molecule has 1 aromatic carbocycles. The van der Waals surface area contributed by atoms with Crippen molar-refractivity contribution in [1.82, 2.24) is 34.7 Å². The summed E-state index contributed by atoms with van der Waals surface area (Å²) in [6, 6.07) is 12.7. The van der Waals surface area contributed by atoms with E-state index in [4.69, 9.17) is 9.97 Å². The third-order valence-corrected chi connectivity index (χ3v) is 8.12. The molecular formula is C30H34N10. The zero-order valence-electron chi connectivity index (χ0n) is 23.0. The van der Waals surface area contributed by atoms with Gasteiger partial charge in [-0.2, -0.15) is 0 Å². The first-order valence-corrected chi connectivity index (χ1v) is 13.9. The molecule has 5 aromatic rings. The molecule has 10 nitrogen and oxygen atoms in total. The molecule has 2 aliphatic rings. The first-order valence-electron chi connectivity index (χ1n) is 13.9. The minimum absolute atomic E-state index is 0.858. The number of hydrogen-bond acceptors (Lipinski definition) is 9. The van der Waals surface area contributed by atoms with Gasteiger partial charge in [0.15, 0.2) is 0 Å². The Morgan fingerprint density at radius 3 is 2.30 bits per heavy atom. The van der Waals surface area contributed by atoms with Gasteiger partial charge in [-0.1, -0.05) is 6.07 Å². The van der Waals surface area contributed by atoms with Gasteiger partial charge >= 0.3 is 0 Å². The third kappa shape index (κ3) is 4.80. The number of fused-ring (bicyclic) bond motifs is 2. The minimum atomic E-state index is 0.858. The number of benzene rings is 1. The quantitative estimate of drug-likeness (QED) is 0.349. The highest BCUT2D eigenvalue weighted by Gasteiger charge is 2.19. The monoisotopic (exact) mass is 534 g/mol. The summed E-state index contributed by atoms with van der Waals surface area (Å²) in [7, 11) is 4.34. The number of rotatable bonds is 5. The number of aromatic nitrogens is 5. The van der Waals surface area contributed by atoms with Crippen molar-refractivity contribution in [3.05, 3.63) is 61.3 Å². The first kappa shape index (κ1) is 24.7. The molecule has 0 aliphatic carbocycles. The molecule has 10 heteroatoms. The summed E-state index contributed by atoms with van der Waals surface area (Å²) in [6.45, 7) is 8.06. The second-order valence-corrected chi connectivity index (χ2v) is 10.9. The second-order valence-electron chi connectivity index (χ2n) is 10.9. The maximum atomic E-state index is 4.72. The van der Waals surface area contributed by atoms with Crippen LogP contribution in [0.1, 0.15) is 0 Å². The van der Waals surface area contributed by atoms with Crippen LogP contribution >= 0.6 is 0 Å². The lowest BCUT2D eigenvalue weighted by atomic mass is 10.0. The number of likely N-dealkylation sites (N-methyl/N-ethyl adjacent to an activating group) is 2. The Hall–Kier alpha value is -4.28. The first-order chi connectivity index (χ1) is 19.6. The average molecular weight is 535 g/mol. The van der Waals surface area contributed by atoms with E-state index in [9.17, 15) is 0 Å². The number of nitrogens with zero attached hydrogens (tertiary/aromatic N) is 8. The van der Waals surface area contributed by atoms with Crippen molar-refractivity contribution in [3.63, 3.8) is 0 Å². The predicted molar refractivity (Wildman–Crippen MR) is 162 cm³/mol. The van der Waals surface area contributed by atoms with Gasteiger partial charge in [-0.15, -0.1) is 0 Å². The van der Waals surface area contributed by atoms with Gasteiger partial charge < -0.3 is 29.9 Å². The fraction of sp³-hybridized carbons (Fsp3) is 0.333. The van der Waals surface area contributed by atoms with Crippen molar-refractivity contribution in [1.29, 1.82) is 0 Å². The number of anilines is 4. The van der Waals surface area contributed by atoms with Crippen LogP contribution in [0, 0.1) is 0 Å². The molecule has 2 N–H and O–H groups in total. The molecule has 0 bridgehead atoms. The van der Waals surface area contributed by atoms with Gasteiger partial charge in [0.25, 0.3) is 0 Å². The van der Waals surface area contributed by atoms with E-state index in [2.05, 4.69) is 84.3 Å². The highest BCUT2D eigenvalue weighted by molar-refractivity contribution is 5.99. The van der Waals surface area contributed by atoms with E-state index < -0.39 is 0 Å². The van der Waals surface area contributed by atoms with Crippen molar-refractivity contribution >= 4 is 44.9 Å². The molecule has 0 spiro atoms. The lowest BCUT2D eigenvalue weighted by molar-refractivity contribution is 0.312. The Kier molecular flexibility index (Phi) is 6.41. The summed E-state index contributed by atoms with van der Waals surface area (Å²) >= 11 is 0. The summed E-state index contributed by atoms with van der Waals surface area (Å²) in [6.07, 6.45) is 7.47. The van der Waals surface area contributed by atoms with Gasteiger partial charge in [0.05, 0.1) is 17.4 Å². The topological polar surface area (TPSA) is 92.3 Å². The van der Waals surface area contributed by atoms with Crippen LogP contribution in [-0.4, -0.2) is 101 Å². The number of nitrogens with one attached hydrogen (secondary N) is 2. The Bertz CT molecular complexity index is 1650. The average Bonchev–Trinajstić information content (AvgIpc) is 3.41. The van der Waals surface area contributed by atoms with E-state index in [-0.39, 0.29) is 0 Å². The molecule has 0 amide bonds. The molecule has 0 atom stereocenters. The van der Waals surface area contributed by atoms with E-state index in [0.29, 0.717) is 0 Å². The normalized spacial score (nSPS) is 17.1. The van der Waals surface area contributed by atoms with E-state index in [0.717, 1.165) is 108 Å². The molecule has 2 fully saturated rings. The Balaban J connectivity index is 1.19. The maximum Gasteiger partial charge on any atom is 0.139 e. The Labute approximate surface area is 233 Å². The number of hydrogen-bond donors (Lipinski definition) is 2. The molecule has 2 aliphatic heterocycles. The standard InChI is InChI=1S/C30H34N10/c1-37-7-11-39(12-8-37)28-17-22(5-6-31-28)36-23-16-24-26(19-33-29(24)32-18-23)21-3-4-27-25(15-21)30(35-20-34-27)40-13-9-38(2)10-14-40/h3-6,15-20H,7-14H2,1-2H3,(H,31,36)(H,32,33). The Morgan fingerprint density at radius 2 is 1.50 bits per heavy atom. The van der Waals surface area contributed by atoms with Crippen LogP contribution in [0.15, 0.2) is 61.3 Å². The Morgan fingerprint density at radius 1 is 0.725 bits per heavy atom. The van der Waals surface area contributed by atoms with Crippen LogP contribution in [0.4, 0.5) is 23.0 Å². The molecule has 2 saturated heterocycles. The van der Waals surface area contributed by atoms with Crippen molar-refractivity contribution in [3.8, 4) is 11.1 Å². The summed E-state index contributed by atoms with van der Waals surface area (Å²) in [5.41, 5.74) is 5.98. The van der Waals surface area contributed by atoms with E-state index in [1.54, 1.807) is 6.33 Å². The van der Waals surface area contributed by atoms with Gasteiger partial charge in [-0.05, 0) is 43.9 Å². The predicted octanol–water partition coefficient (Wildman–Crippen LogP) is 3.82. The number of H-pyrrole nitrogens is 1. The molecule has 204 valence electrons. The van der Waals surface area contributed by atoms with Gasteiger partial charge in [0.2, 0.25) is 0 Å². The van der Waals surface area contributed by atoms with E-state index in [1.807, 2.05) is 24.7 Å². The molecule has 7 rings (SSSR count). The number of pyridine rings is 2. The molecule has 0 unspecified atom stereocenters. The zero-order valence-corrected chi connectivity index (χ0v) is 23.0. The van der Waals surface area contributed by atoms with Crippen LogP contribution in [0.25, 0.3) is 33.1 Å². The van der Waals surface area contributed by atoms with Crippen LogP contribution in [-0.2, 0) is 0 Å². The third-order valence-electron chi connectivity index (χ3n) is 8.12. The molecule has 40 heavy (non-hydrogen) atoms. The SMILES string of the molecule is CN1CCN(c2cc(Nc3cnc4[nH]cc(-c5ccc6ncnc(N7CCN(C)CC7)c6c5)c4c3)ccn2)CC1. The summed E-state index contributed by atoms with van der Waals surface area (Å²) in [5.74, 6) is 2.01.